The summed E-state index contributed by atoms with van der Waals surface area (Å²) in [7, 11) is -3.84. The van der Waals surface area contributed by atoms with Gasteiger partial charge in [0, 0.05) is 30.3 Å². The van der Waals surface area contributed by atoms with Gasteiger partial charge in [-0.15, -0.1) is 0 Å². The summed E-state index contributed by atoms with van der Waals surface area (Å²) in [4.78, 5) is 20.8. The molecule has 3 aromatic carbocycles. The van der Waals surface area contributed by atoms with Crippen LogP contribution in [0.25, 0.3) is 6.08 Å². The number of non-ortho nitro benzene ring substituents is 2. The summed E-state index contributed by atoms with van der Waals surface area (Å²) in [5.74, 6) is 0. The topological polar surface area (TPSA) is 132 Å². The zero-order chi connectivity index (χ0) is 24.0. The molecule has 1 N–H and O–H groups in total. The third kappa shape index (κ3) is 6.55. The SMILES string of the molecule is Cc1ccc(S(=O)(=O)NC(/C=C/c2ccc([N+](=O)[O-])cc2)Cc2ccc([N+](=O)[O-])cc2)cc1. The van der Waals surface area contributed by atoms with E-state index in [4.69, 9.17) is 0 Å². The van der Waals surface area contributed by atoms with Crippen LogP contribution in [-0.2, 0) is 16.4 Å². The van der Waals surface area contributed by atoms with Crippen LogP contribution in [0.5, 0.6) is 0 Å². The summed E-state index contributed by atoms with van der Waals surface area (Å²) in [6.07, 6.45) is 3.55. The predicted molar refractivity (Wildman–Crippen MR) is 124 cm³/mol. The van der Waals surface area contributed by atoms with E-state index in [0.717, 1.165) is 5.56 Å². The molecule has 0 spiro atoms. The molecule has 1 atom stereocenters. The van der Waals surface area contributed by atoms with Crippen molar-refractivity contribution in [1.82, 2.24) is 4.72 Å². The molecule has 0 fully saturated rings. The minimum atomic E-state index is -3.84. The molecular weight excluding hydrogens is 446 g/mol. The molecule has 10 heteroatoms. The zero-order valence-corrected chi connectivity index (χ0v) is 18.4. The lowest BCUT2D eigenvalue weighted by atomic mass is 10.0. The molecule has 33 heavy (non-hydrogen) atoms. The van der Waals surface area contributed by atoms with Crippen LogP contribution in [0.4, 0.5) is 11.4 Å². The molecule has 170 valence electrons. The highest BCUT2D eigenvalue weighted by atomic mass is 32.2. The van der Waals surface area contributed by atoms with Crippen molar-refractivity contribution in [2.24, 2.45) is 0 Å². The number of hydrogen-bond donors (Lipinski definition) is 1. The molecule has 3 rings (SSSR count). The van der Waals surface area contributed by atoms with E-state index < -0.39 is 25.9 Å². The molecule has 0 amide bonds. The fourth-order valence-corrected chi connectivity index (χ4v) is 4.27. The highest BCUT2D eigenvalue weighted by Gasteiger charge is 2.19. The monoisotopic (exact) mass is 467 g/mol. The maximum Gasteiger partial charge on any atom is 0.269 e. The smallest absolute Gasteiger partial charge is 0.258 e. The van der Waals surface area contributed by atoms with E-state index in [1.807, 2.05) is 6.92 Å². The number of nitro benzene ring substituents is 2. The van der Waals surface area contributed by atoms with Gasteiger partial charge in [0.15, 0.2) is 0 Å². The van der Waals surface area contributed by atoms with Gasteiger partial charge in [-0.2, -0.15) is 0 Å². The average Bonchev–Trinajstić information content (AvgIpc) is 2.78. The van der Waals surface area contributed by atoms with Crippen LogP contribution >= 0.6 is 0 Å². The van der Waals surface area contributed by atoms with Crippen LogP contribution in [0.3, 0.4) is 0 Å². The predicted octanol–water partition coefficient (Wildman–Crippen LogP) is 4.41. The van der Waals surface area contributed by atoms with Crippen LogP contribution in [-0.4, -0.2) is 24.3 Å². The van der Waals surface area contributed by atoms with Gasteiger partial charge in [0.25, 0.3) is 11.4 Å². The van der Waals surface area contributed by atoms with Crippen LogP contribution in [0.2, 0.25) is 0 Å². The molecule has 0 saturated heterocycles. The Bertz CT molecular complexity index is 1270. The Morgan fingerprint density at radius 3 is 1.88 bits per heavy atom. The minimum absolute atomic E-state index is 0.0466. The molecule has 0 aliphatic carbocycles. The number of nitro groups is 2. The van der Waals surface area contributed by atoms with E-state index in [1.54, 1.807) is 48.6 Å². The standard InChI is InChI=1S/C23H21N3O6S/c1-17-2-14-23(15-3-17)33(31,32)24-20(16-19-7-12-22(13-8-19)26(29)30)9-4-18-5-10-21(11-6-18)25(27)28/h2-15,20,24H,16H2,1H3/b9-4+. The molecule has 0 radical (unpaired) electrons. The highest BCUT2D eigenvalue weighted by molar-refractivity contribution is 7.89. The summed E-state index contributed by atoms with van der Waals surface area (Å²) in [5, 5.41) is 21.7. The molecule has 0 aromatic heterocycles. The maximum atomic E-state index is 12.9. The number of rotatable bonds is 9. The van der Waals surface area contributed by atoms with Crippen LogP contribution < -0.4 is 4.72 Å². The minimum Gasteiger partial charge on any atom is -0.258 e. The Kier molecular flexibility index (Phi) is 7.31. The second-order valence-corrected chi connectivity index (χ2v) is 9.09. The van der Waals surface area contributed by atoms with Crippen molar-refractivity contribution >= 4 is 27.5 Å². The summed E-state index contributed by atoms with van der Waals surface area (Å²) in [6.45, 7) is 1.86. The van der Waals surface area contributed by atoms with E-state index in [1.165, 1.54) is 36.4 Å². The summed E-state index contributed by atoms with van der Waals surface area (Å²) < 4.78 is 28.5. The van der Waals surface area contributed by atoms with Gasteiger partial charge in [0.05, 0.1) is 14.7 Å². The first-order valence-electron chi connectivity index (χ1n) is 9.89. The maximum absolute atomic E-state index is 12.9. The first-order valence-corrected chi connectivity index (χ1v) is 11.4. The molecule has 0 bridgehead atoms. The molecular formula is C23H21N3O6S. The first-order chi connectivity index (χ1) is 15.6. The number of nitrogens with zero attached hydrogens (tertiary/aromatic N) is 2. The lowest BCUT2D eigenvalue weighted by molar-refractivity contribution is -0.385. The highest BCUT2D eigenvalue weighted by Crippen LogP contribution is 2.17. The Morgan fingerprint density at radius 2 is 1.36 bits per heavy atom. The number of sulfonamides is 1. The van der Waals surface area contributed by atoms with Crippen molar-refractivity contribution in [3.8, 4) is 0 Å². The van der Waals surface area contributed by atoms with Crippen molar-refractivity contribution in [2.75, 3.05) is 0 Å². The van der Waals surface area contributed by atoms with Crippen molar-refractivity contribution in [3.63, 3.8) is 0 Å². The van der Waals surface area contributed by atoms with E-state index in [-0.39, 0.29) is 22.7 Å². The lowest BCUT2D eigenvalue weighted by Gasteiger charge is -2.16. The Labute approximate surface area is 190 Å². The van der Waals surface area contributed by atoms with Crippen molar-refractivity contribution < 1.29 is 18.3 Å². The van der Waals surface area contributed by atoms with Gasteiger partial charge in [-0.25, -0.2) is 13.1 Å². The van der Waals surface area contributed by atoms with E-state index in [9.17, 15) is 28.6 Å². The van der Waals surface area contributed by atoms with Crippen LogP contribution in [0, 0.1) is 27.2 Å². The summed E-state index contributed by atoms with van der Waals surface area (Å²) in [6, 6.07) is 17.5. The van der Waals surface area contributed by atoms with Crippen LogP contribution in [0.1, 0.15) is 16.7 Å². The van der Waals surface area contributed by atoms with Crippen molar-refractivity contribution in [2.45, 2.75) is 24.3 Å². The average molecular weight is 468 g/mol. The Morgan fingerprint density at radius 1 is 0.848 bits per heavy atom. The number of nitrogens with one attached hydrogen (secondary N) is 1. The van der Waals surface area contributed by atoms with E-state index in [0.29, 0.717) is 11.1 Å². The van der Waals surface area contributed by atoms with Gasteiger partial charge in [-0.05, 0) is 48.7 Å². The summed E-state index contributed by atoms with van der Waals surface area (Å²) >= 11 is 0. The molecule has 9 nitrogen and oxygen atoms in total. The third-order valence-electron chi connectivity index (χ3n) is 4.87. The second-order valence-electron chi connectivity index (χ2n) is 7.38. The van der Waals surface area contributed by atoms with Gasteiger partial charge in [-0.1, -0.05) is 42.0 Å². The Balaban J connectivity index is 1.86. The summed E-state index contributed by atoms with van der Waals surface area (Å²) in [5.41, 5.74) is 2.18. The van der Waals surface area contributed by atoms with Gasteiger partial charge >= 0.3 is 0 Å². The molecule has 0 saturated carbocycles. The van der Waals surface area contributed by atoms with Crippen LogP contribution in [0.15, 0.2) is 83.8 Å². The normalized spacial score (nSPS) is 12.5. The third-order valence-corrected chi connectivity index (χ3v) is 6.37. The number of hydrogen-bond acceptors (Lipinski definition) is 6. The largest absolute Gasteiger partial charge is 0.269 e. The molecule has 0 aliphatic heterocycles. The van der Waals surface area contributed by atoms with Gasteiger partial charge in [0.2, 0.25) is 10.0 Å². The quantitative estimate of drug-likeness (QED) is 0.366. The van der Waals surface area contributed by atoms with Crippen molar-refractivity contribution in [1.29, 1.82) is 0 Å². The molecule has 3 aromatic rings. The molecule has 1 unspecified atom stereocenters. The first kappa shape index (κ1) is 23.8. The number of benzene rings is 3. The Hall–Kier alpha value is -3.89. The lowest BCUT2D eigenvalue weighted by Crippen LogP contribution is -2.35. The fraction of sp³-hybridized carbons (Fsp3) is 0.130. The van der Waals surface area contributed by atoms with Gasteiger partial charge in [-0.3, -0.25) is 20.2 Å². The molecule has 0 heterocycles. The second kappa shape index (κ2) is 10.2. The van der Waals surface area contributed by atoms with Gasteiger partial charge < -0.3 is 0 Å². The molecule has 0 aliphatic rings. The number of aryl methyl sites for hydroxylation is 1. The zero-order valence-electron chi connectivity index (χ0n) is 17.6. The van der Waals surface area contributed by atoms with E-state index in [2.05, 4.69) is 4.72 Å². The van der Waals surface area contributed by atoms with Crippen molar-refractivity contribution in [3.05, 3.63) is 116 Å². The van der Waals surface area contributed by atoms with Gasteiger partial charge in [0.1, 0.15) is 0 Å². The van der Waals surface area contributed by atoms with E-state index >= 15 is 0 Å². The fourth-order valence-electron chi connectivity index (χ4n) is 3.08.